The maximum atomic E-state index is 12.0. The number of carbonyl (C=O) groups excluding carboxylic acids is 2. The van der Waals surface area contributed by atoms with Crippen LogP contribution in [0, 0.1) is 0 Å². The van der Waals surface area contributed by atoms with E-state index in [0.717, 1.165) is 11.1 Å². The van der Waals surface area contributed by atoms with Gasteiger partial charge >= 0.3 is 6.09 Å². The summed E-state index contributed by atoms with van der Waals surface area (Å²) in [6, 6.07) is 14.2. The minimum atomic E-state index is -0.528. The normalized spacial score (nSPS) is 10.5. The van der Waals surface area contributed by atoms with E-state index in [1.54, 1.807) is 67.1 Å². The second-order valence-corrected chi connectivity index (χ2v) is 6.29. The summed E-state index contributed by atoms with van der Waals surface area (Å²) in [4.78, 5) is 32.0. The van der Waals surface area contributed by atoms with Crippen molar-refractivity contribution in [3.63, 3.8) is 0 Å². The fraction of sp³-hybridized carbons (Fsp3) is 0.0909. The molecule has 0 atom stereocenters. The highest BCUT2D eigenvalue weighted by molar-refractivity contribution is 6.03. The smallest absolute Gasteiger partial charge is 0.407 e. The quantitative estimate of drug-likeness (QED) is 0.412. The van der Waals surface area contributed by atoms with Crippen LogP contribution >= 0.6 is 0 Å². The Morgan fingerprint density at radius 1 is 1.03 bits per heavy atom. The molecule has 0 radical (unpaired) electrons. The van der Waals surface area contributed by atoms with Gasteiger partial charge in [0.25, 0.3) is 0 Å². The van der Waals surface area contributed by atoms with E-state index < -0.39 is 6.09 Å². The average molecular weight is 403 g/mol. The number of para-hydroxylation sites is 2. The molecular weight excluding hydrogens is 382 g/mol. The summed E-state index contributed by atoms with van der Waals surface area (Å²) < 4.78 is 5.12. The number of alkyl carbamates (subject to hydrolysis) is 1. The van der Waals surface area contributed by atoms with Gasteiger partial charge in [-0.25, -0.2) is 4.79 Å². The van der Waals surface area contributed by atoms with Crippen molar-refractivity contribution in [3.8, 4) is 0 Å². The van der Waals surface area contributed by atoms with E-state index in [2.05, 4.69) is 20.6 Å². The van der Waals surface area contributed by atoms with Crippen molar-refractivity contribution in [3.05, 3.63) is 90.0 Å². The Hall–Kier alpha value is -4.20. The maximum Gasteiger partial charge on any atom is 0.407 e. The lowest BCUT2D eigenvalue weighted by Gasteiger charge is -2.07. The summed E-state index contributed by atoms with van der Waals surface area (Å²) in [6.45, 7) is 0.426. The van der Waals surface area contributed by atoms with Crippen LogP contribution in [0.4, 0.5) is 16.2 Å². The first-order chi connectivity index (χ1) is 14.6. The zero-order valence-corrected chi connectivity index (χ0v) is 16.1. The molecule has 0 fully saturated rings. The summed E-state index contributed by atoms with van der Waals surface area (Å²) in [5, 5.41) is 5.36. The predicted octanol–water partition coefficient (Wildman–Crippen LogP) is 3.14. The molecule has 0 spiro atoms. The molecule has 0 bridgehead atoms. The fourth-order valence-corrected chi connectivity index (χ4v) is 2.44. The number of rotatable bonds is 7. The van der Waals surface area contributed by atoms with Crippen molar-refractivity contribution < 1.29 is 14.3 Å². The van der Waals surface area contributed by atoms with Crippen LogP contribution in [0.25, 0.3) is 6.08 Å². The van der Waals surface area contributed by atoms with E-state index in [1.165, 1.54) is 6.08 Å². The number of ether oxygens (including phenoxy) is 1. The zero-order valence-electron chi connectivity index (χ0n) is 16.1. The van der Waals surface area contributed by atoms with Gasteiger partial charge < -0.3 is 21.1 Å². The molecule has 0 aliphatic heterocycles. The number of nitrogen functional groups attached to an aromatic ring is 1. The maximum absolute atomic E-state index is 12.0. The molecule has 2 amide bonds. The van der Waals surface area contributed by atoms with Crippen molar-refractivity contribution in [2.75, 3.05) is 11.1 Å². The molecule has 2 aromatic heterocycles. The number of nitrogens with one attached hydrogen (secondary N) is 2. The molecule has 0 aliphatic rings. The van der Waals surface area contributed by atoms with Crippen LogP contribution in [0.3, 0.4) is 0 Å². The van der Waals surface area contributed by atoms with Crippen molar-refractivity contribution in [2.24, 2.45) is 0 Å². The van der Waals surface area contributed by atoms with E-state index in [4.69, 9.17) is 10.5 Å². The van der Waals surface area contributed by atoms with Gasteiger partial charge in [0.1, 0.15) is 6.61 Å². The highest BCUT2D eigenvalue weighted by Crippen LogP contribution is 2.16. The molecule has 0 saturated heterocycles. The van der Waals surface area contributed by atoms with Gasteiger partial charge in [-0.2, -0.15) is 0 Å². The summed E-state index contributed by atoms with van der Waals surface area (Å²) in [6.07, 6.45) is 7.35. The van der Waals surface area contributed by atoms with E-state index in [0.29, 0.717) is 17.1 Å². The third kappa shape index (κ3) is 6.45. The van der Waals surface area contributed by atoms with Crippen molar-refractivity contribution in [1.82, 2.24) is 15.3 Å². The summed E-state index contributed by atoms with van der Waals surface area (Å²) in [7, 11) is 0. The van der Waals surface area contributed by atoms with Crippen LogP contribution in [0.2, 0.25) is 0 Å². The number of nitrogens with two attached hydrogens (primary N) is 1. The highest BCUT2D eigenvalue weighted by atomic mass is 16.5. The number of anilines is 2. The van der Waals surface area contributed by atoms with Crippen molar-refractivity contribution in [2.45, 2.75) is 13.2 Å². The monoisotopic (exact) mass is 403 g/mol. The molecular formula is C22H21N5O3. The molecule has 30 heavy (non-hydrogen) atoms. The number of hydrogen-bond donors (Lipinski definition) is 3. The lowest BCUT2D eigenvalue weighted by atomic mass is 10.2. The summed E-state index contributed by atoms with van der Waals surface area (Å²) in [5.74, 6) is -0.309. The Balaban J connectivity index is 1.44. The summed E-state index contributed by atoms with van der Waals surface area (Å²) in [5.41, 5.74) is 9.06. The van der Waals surface area contributed by atoms with Gasteiger partial charge in [-0.05, 0) is 35.9 Å². The minimum Gasteiger partial charge on any atom is -0.445 e. The van der Waals surface area contributed by atoms with Gasteiger partial charge in [0.2, 0.25) is 5.91 Å². The van der Waals surface area contributed by atoms with Gasteiger partial charge in [-0.15, -0.1) is 0 Å². The van der Waals surface area contributed by atoms with E-state index in [1.807, 2.05) is 6.07 Å². The number of aromatic nitrogens is 2. The molecule has 4 N–H and O–H groups in total. The predicted molar refractivity (Wildman–Crippen MR) is 114 cm³/mol. The van der Waals surface area contributed by atoms with Gasteiger partial charge in [0.05, 0.1) is 17.1 Å². The molecule has 3 aromatic rings. The molecule has 0 aliphatic carbocycles. The second-order valence-electron chi connectivity index (χ2n) is 6.29. The molecule has 8 heteroatoms. The number of hydrogen-bond acceptors (Lipinski definition) is 6. The fourth-order valence-electron chi connectivity index (χ4n) is 2.44. The number of benzene rings is 1. The Morgan fingerprint density at radius 3 is 2.63 bits per heavy atom. The molecule has 0 unspecified atom stereocenters. The SMILES string of the molecule is Nc1ccccc1NC(=O)C=Cc1ccc(CNC(=O)OCc2cccnc2)cn1. The van der Waals surface area contributed by atoms with Gasteiger partial charge in [-0.1, -0.05) is 24.3 Å². The Kier molecular flexibility index (Phi) is 7.10. The van der Waals surface area contributed by atoms with Crippen LogP contribution in [-0.2, 0) is 22.7 Å². The largest absolute Gasteiger partial charge is 0.445 e. The molecule has 1 aromatic carbocycles. The molecule has 152 valence electrons. The Morgan fingerprint density at radius 2 is 1.90 bits per heavy atom. The second kappa shape index (κ2) is 10.4. The zero-order chi connectivity index (χ0) is 21.2. The Labute approximate surface area is 173 Å². The third-order valence-corrected chi connectivity index (χ3v) is 4.00. The molecule has 8 nitrogen and oxygen atoms in total. The Bertz CT molecular complexity index is 1020. The van der Waals surface area contributed by atoms with E-state index in [-0.39, 0.29) is 19.1 Å². The first-order valence-corrected chi connectivity index (χ1v) is 9.18. The van der Waals surface area contributed by atoms with Crippen LogP contribution in [0.5, 0.6) is 0 Å². The average Bonchev–Trinajstić information content (AvgIpc) is 2.78. The number of pyridine rings is 2. The van der Waals surface area contributed by atoms with E-state index >= 15 is 0 Å². The first-order valence-electron chi connectivity index (χ1n) is 9.18. The molecule has 2 heterocycles. The highest BCUT2D eigenvalue weighted by Gasteiger charge is 2.04. The van der Waals surface area contributed by atoms with Crippen LogP contribution in [-0.4, -0.2) is 22.0 Å². The molecule has 0 saturated carbocycles. The van der Waals surface area contributed by atoms with Crippen LogP contribution in [0.1, 0.15) is 16.8 Å². The minimum absolute atomic E-state index is 0.151. The summed E-state index contributed by atoms with van der Waals surface area (Å²) >= 11 is 0. The van der Waals surface area contributed by atoms with Gasteiger partial charge in [0.15, 0.2) is 0 Å². The third-order valence-electron chi connectivity index (χ3n) is 4.00. The lowest BCUT2D eigenvalue weighted by molar-refractivity contribution is -0.111. The lowest BCUT2D eigenvalue weighted by Crippen LogP contribution is -2.23. The number of amides is 2. The number of nitrogens with zero attached hydrogens (tertiary/aromatic N) is 2. The standard InChI is InChI=1S/C22H21N5O3/c23-19-5-1-2-6-20(19)27-21(28)10-9-18-8-7-16(13-25-18)14-26-22(29)30-15-17-4-3-11-24-12-17/h1-13H,14-15,23H2,(H,26,29)(H,27,28). The van der Waals surface area contributed by atoms with Crippen molar-refractivity contribution >= 4 is 29.5 Å². The molecule has 3 rings (SSSR count). The topological polar surface area (TPSA) is 119 Å². The van der Waals surface area contributed by atoms with Crippen LogP contribution < -0.4 is 16.4 Å². The van der Waals surface area contributed by atoms with Crippen molar-refractivity contribution in [1.29, 1.82) is 0 Å². The number of carbonyl (C=O) groups is 2. The van der Waals surface area contributed by atoms with Crippen LogP contribution in [0.15, 0.2) is 73.2 Å². The first kappa shape index (κ1) is 20.5. The van der Waals surface area contributed by atoms with Gasteiger partial charge in [0, 0.05) is 36.8 Å². The van der Waals surface area contributed by atoms with Gasteiger partial charge in [-0.3, -0.25) is 14.8 Å². The van der Waals surface area contributed by atoms with E-state index in [9.17, 15) is 9.59 Å².